The Kier molecular flexibility index (Phi) is 3.42. The minimum atomic E-state index is 0.209. The summed E-state index contributed by atoms with van der Waals surface area (Å²) in [6, 6.07) is 17.2. The maximum absolute atomic E-state index is 3.24. The lowest BCUT2D eigenvalue weighted by molar-refractivity contribution is 0.590. The second kappa shape index (κ2) is 4.85. The number of para-hydroxylation sites is 1. The van der Waals surface area contributed by atoms with Gasteiger partial charge in [-0.3, -0.25) is 0 Å². The maximum Gasteiger partial charge on any atom is 0.0417 e. The fourth-order valence-electron chi connectivity index (χ4n) is 2.10. The Labute approximate surface area is 110 Å². The molecular weight excluding hydrogens is 218 g/mol. The summed E-state index contributed by atoms with van der Waals surface area (Å²) in [5, 5.41) is 3.24. The van der Waals surface area contributed by atoms with Crippen LogP contribution in [0.25, 0.3) is 11.1 Å². The zero-order valence-electron chi connectivity index (χ0n) is 11.6. The van der Waals surface area contributed by atoms with E-state index in [1.165, 1.54) is 22.4 Å². The van der Waals surface area contributed by atoms with Crippen LogP contribution in [0.4, 0.5) is 5.69 Å². The highest BCUT2D eigenvalue weighted by Gasteiger charge is 2.13. The molecule has 0 aliphatic carbocycles. The van der Waals surface area contributed by atoms with Gasteiger partial charge in [-0.05, 0) is 22.6 Å². The van der Waals surface area contributed by atoms with Gasteiger partial charge in [-0.25, -0.2) is 0 Å². The molecule has 1 heteroatoms. The molecular formula is C17H21N. The molecule has 1 nitrogen and oxygen atoms in total. The molecule has 1 N–H and O–H groups in total. The van der Waals surface area contributed by atoms with Crippen molar-refractivity contribution in [2.45, 2.75) is 26.2 Å². The molecule has 2 aromatic rings. The fraction of sp³-hybridized carbons (Fsp3) is 0.294. The first-order chi connectivity index (χ1) is 8.52. The van der Waals surface area contributed by atoms with Crippen LogP contribution < -0.4 is 5.32 Å². The van der Waals surface area contributed by atoms with Gasteiger partial charge in [-0.15, -0.1) is 0 Å². The van der Waals surface area contributed by atoms with Gasteiger partial charge >= 0.3 is 0 Å². The Morgan fingerprint density at radius 1 is 0.833 bits per heavy atom. The number of anilines is 1. The van der Waals surface area contributed by atoms with Crippen molar-refractivity contribution in [3.05, 3.63) is 54.1 Å². The largest absolute Gasteiger partial charge is 0.388 e. The Morgan fingerprint density at radius 3 is 2.00 bits per heavy atom. The van der Waals surface area contributed by atoms with Crippen molar-refractivity contribution in [3.63, 3.8) is 0 Å². The van der Waals surface area contributed by atoms with Crippen LogP contribution in [0, 0.1) is 0 Å². The third-order valence-electron chi connectivity index (χ3n) is 3.26. The van der Waals surface area contributed by atoms with Gasteiger partial charge in [-0.1, -0.05) is 63.2 Å². The summed E-state index contributed by atoms with van der Waals surface area (Å²) >= 11 is 0. The average molecular weight is 239 g/mol. The van der Waals surface area contributed by atoms with E-state index in [9.17, 15) is 0 Å². The Balaban J connectivity index is 2.41. The SMILES string of the molecule is CNc1ccccc1-c1ccc(C(C)(C)C)cc1. The van der Waals surface area contributed by atoms with Crippen molar-refractivity contribution in [1.82, 2.24) is 0 Å². The lowest BCUT2D eigenvalue weighted by atomic mass is 9.86. The molecule has 0 atom stereocenters. The summed E-state index contributed by atoms with van der Waals surface area (Å²) in [7, 11) is 1.96. The van der Waals surface area contributed by atoms with Crippen molar-refractivity contribution in [2.75, 3.05) is 12.4 Å². The second-order valence-electron chi connectivity index (χ2n) is 5.62. The Bertz CT molecular complexity index is 518. The van der Waals surface area contributed by atoms with E-state index in [0.29, 0.717) is 0 Å². The second-order valence-corrected chi connectivity index (χ2v) is 5.62. The zero-order valence-corrected chi connectivity index (χ0v) is 11.6. The van der Waals surface area contributed by atoms with Crippen LogP contribution in [0.5, 0.6) is 0 Å². The van der Waals surface area contributed by atoms with Gasteiger partial charge in [0.05, 0.1) is 0 Å². The Hall–Kier alpha value is -1.76. The molecule has 0 aromatic heterocycles. The van der Waals surface area contributed by atoms with Gasteiger partial charge < -0.3 is 5.32 Å². The molecule has 2 rings (SSSR count). The van der Waals surface area contributed by atoms with Crippen LogP contribution in [0.3, 0.4) is 0 Å². The first kappa shape index (κ1) is 12.7. The van der Waals surface area contributed by atoms with Gasteiger partial charge in [-0.2, -0.15) is 0 Å². The highest BCUT2D eigenvalue weighted by Crippen LogP contribution is 2.30. The standard InChI is InChI=1S/C17H21N/c1-17(2,3)14-11-9-13(10-12-14)15-7-5-6-8-16(15)18-4/h5-12,18H,1-4H3. The van der Waals surface area contributed by atoms with Gasteiger partial charge in [0.2, 0.25) is 0 Å². The predicted octanol–water partition coefficient (Wildman–Crippen LogP) is 4.69. The number of hydrogen-bond acceptors (Lipinski definition) is 1. The summed E-state index contributed by atoms with van der Waals surface area (Å²) in [6.45, 7) is 6.72. The summed E-state index contributed by atoms with van der Waals surface area (Å²) in [4.78, 5) is 0. The molecule has 94 valence electrons. The van der Waals surface area contributed by atoms with Crippen LogP contribution in [-0.4, -0.2) is 7.05 Å². The predicted molar refractivity (Wildman–Crippen MR) is 80.1 cm³/mol. The van der Waals surface area contributed by atoms with Crippen molar-refractivity contribution in [1.29, 1.82) is 0 Å². The summed E-state index contributed by atoms with van der Waals surface area (Å²) in [5.41, 5.74) is 5.25. The van der Waals surface area contributed by atoms with E-state index in [-0.39, 0.29) is 5.41 Å². The molecule has 0 heterocycles. The molecule has 0 spiro atoms. The molecule has 0 amide bonds. The first-order valence-electron chi connectivity index (χ1n) is 6.40. The smallest absolute Gasteiger partial charge is 0.0417 e. The van der Waals surface area contributed by atoms with Crippen molar-refractivity contribution in [3.8, 4) is 11.1 Å². The minimum absolute atomic E-state index is 0.209. The monoisotopic (exact) mass is 239 g/mol. The maximum atomic E-state index is 3.24. The molecule has 0 saturated carbocycles. The van der Waals surface area contributed by atoms with Crippen LogP contribution in [0.2, 0.25) is 0 Å². The number of nitrogens with one attached hydrogen (secondary N) is 1. The van der Waals surface area contributed by atoms with Crippen LogP contribution in [0.15, 0.2) is 48.5 Å². The molecule has 0 radical (unpaired) electrons. The molecule has 0 saturated heterocycles. The van der Waals surface area contributed by atoms with Crippen molar-refractivity contribution >= 4 is 5.69 Å². The highest BCUT2D eigenvalue weighted by molar-refractivity contribution is 5.77. The number of benzene rings is 2. The number of rotatable bonds is 2. The van der Waals surface area contributed by atoms with E-state index in [0.717, 1.165) is 0 Å². The van der Waals surface area contributed by atoms with E-state index in [4.69, 9.17) is 0 Å². The molecule has 18 heavy (non-hydrogen) atoms. The Morgan fingerprint density at radius 2 is 1.44 bits per heavy atom. The lowest BCUT2D eigenvalue weighted by Gasteiger charge is -2.19. The minimum Gasteiger partial charge on any atom is -0.388 e. The third kappa shape index (κ3) is 2.56. The van der Waals surface area contributed by atoms with Crippen LogP contribution in [0.1, 0.15) is 26.3 Å². The first-order valence-corrected chi connectivity index (χ1v) is 6.40. The lowest BCUT2D eigenvalue weighted by Crippen LogP contribution is -2.10. The average Bonchev–Trinajstić information content (AvgIpc) is 2.38. The van der Waals surface area contributed by atoms with E-state index < -0.39 is 0 Å². The highest BCUT2D eigenvalue weighted by atomic mass is 14.8. The molecule has 0 fully saturated rings. The normalized spacial score (nSPS) is 11.3. The number of hydrogen-bond donors (Lipinski definition) is 1. The summed E-state index contributed by atoms with van der Waals surface area (Å²) in [6.07, 6.45) is 0. The van der Waals surface area contributed by atoms with Crippen LogP contribution in [-0.2, 0) is 5.41 Å². The van der Waals surface area contributed by atoms with E-state index >= 15 is 0 Å². The van der Waals surface area contributed by atoms with Gasteiger partial charge in [0.1, 0.15) is 0 Å². The molecule has 2 aromatic carbocycles. The van der Waals surface area contributed by atoms with Crippen molar-refractivity contribution < 1.29 is 0 Å². The zero-order chi connectivity index (χ0) is 13.2. The fourth-order valence-corrected chi connectivity index (χ4v) is 2.10. The quantitative estimate of drug-likeness (QED) is 0.801. The molecule has 0 aliphatic heterocycles. The van der Waals surface area contributed by atoms with E-state index in [1.807, 2.05) is 7.05 Å². The van der Waals surface area contributed by atoms with Gasteiger partial charge in [0.15, 0.2) is 0 Å². The van der Waals surface area contributed by atoms with Crippen LogP contribution >= 0.6 is 0 Å². The van der Waals surface area contributed by atoms with E-state index in [1.54, 1.807) is 0 Å². The topological polar surface area (TPSA) is 12.0 Å². The van der Waals surface area contributed by atoms with Gasteiger partial charge in [0.25, 0.3) is 0 Å². The molecule has 0 unspecified atom stereocenters. The third-order valence-corrected chi connectivity index (χ3v) is 3.26. The summed E-state index contributed by atoms with van der Waals surface area (Å²) < 4.78 is 0. The molecule has 0 aliphatic rings. The molecule has 0 bridgehead atoms. The summed E-state index contributed by atoms with van der Waals surface area (Å²) in [5.74, 6) is 0. The van der Waals surface area contributed by atoms with Gasteiger partial charge in [0, 0.05) is 18.3 Å². The van der Waals surface area contributed by atoms with E-state index in [2.05, 4.69) is 74.6 Å². The van der Waals surface area contributed by atoms with Crippen molar-refractivity contribution in [2.24, 2.45) is 0 Å².